The zero-order chi connectivity index (χ0) is 9.90. The lowest BCUT2D eigenvalue weighted by Crippen LogP contribution is -2.55. The fraction of sp³-hybridized carbons (Fsp3) is 0.778. The molecule has 13 heavy (non-hydrogen) atoms. The molecule has 0 saturated heterocycles. The van der Waals surface area contributed by atoms with Crippen LogP contribution in [0.3, 0.4) is 0 Å². The largest absolute Gasteiger partial charge is 0.394 e. The predicted octanol–water partition coefficient (Wildman–Crippen LogP) is 0.594. The van der Waals surface area contributed by atoms with Crippen LogP contribution >= 0.6 is 0 Å². The first-order valence-electron chi connectivity index (χ1n) is 4.55. The molecule has 0 aliphatic heterocycles. The zero-order valence-corrected chi connectivity index (χ0v) is 7.79. The number of esters is 1. The number of hydrogen-bond acceptors (Lipinski definition) is 4. The van der Waals surface area contributed by atoms with Gasteiger partial charge in [0.1, 0.15) is 5.54 Å². The highest BCUT2D eigenvalue weighted by molar-refractivity contribution is 5.85. The summed E-state index contributed by atoms with van der Waals surface area (Å²) in [6.45, 7) is 2.07. The highest BCUT2D eigenvalue weighted by atomic mass is 16.6. The van der Waals surface area contributed by atoms with Crippen LogP contribution in [0.15, 0.2) is 0 Å². The number of hydrogen-bond donors (Lipinski definition) is 1. The van der Waals surface area contributed by atoms with E-state index >= 15 is 0 Å². The molecule has 1 aliphatic carbocycles. The summed E-state index contributed by atoms with van der Waals surface area (Å²) in [6.07, 6.45) is 3.55. The molecular formula is C9H15NO3. The third-order valence-electron chi connectivity index (χ3n) is 2.89. The van der Waals surface area contributed by atoms with Gasteiger partial charge in [-0.05, 0) is 18.8 Å². The Balaban J connectivity index is 2.70. The van der Waals surface area contributed by atoms with Gasteiger partial charge in [-0.25, -0.2) is 4.79 Å². The quantitative estimate of drug-likeness (QED) is 0.388. The number of rotatable bonds is 2. The van der Waals surface area contributed by atoms with Gasteiger partial charge in [0, 0.05) is 0 Å². The van der Waals surface area contributed by atoms with Gasteiger partial charge in [0.2, 0.25) is 0 Å². The van der Waals surface area contributed by atoms with Crippen LogP contribution in [0, 0.1) is 5.92 Å². The van der Waals surface area contributed by atoms with Crippen LogP contribution in [-0.2, 0) is 14.3 Å². The van der Waals surface area contributed by atoms with Crippen molar-refractivity contribution in [2.45, 2.75) is 38.1 Å². The molecule has 1 aliphatic rings. The molecule has 2 unspecified atom stereocenters. The molecule has 0 aromatic carbocycles. The predicted molar refractivity (Wildman–Crippen MR) is 46.7 cm³/mol. The van der Waals surface area contributed by atoms with Crippen molar-refractivity contribution < 1.29 is 14.3 Å². The molecule has 2 atom stereocenters. The van der Waals surface area contributed by atoms with E-state index in [2.05, 4.69) is 4.74 Å². The Morgan fingerprint density at radius 2 is 2.31 bits per heavy atom. The van der Waals surface area contributed by atoms with Gasteiger partial charge >= 0.3 is 12.4 Å². The van der Waals surface area contributed by atoms with Crippen molar-refractivity contribution in [1.82, 2.24) is 0 Å². The molecule has 4 nitrogen and oxygen atoms in total. The average Bonchev–Trinajstić information content (AvgIpc) is 2.11. The lowest BCUT2D eigenvalue weighted by atomic mass is 9.74. The van der Waals surface area contributed by atoms with Crippen molar-refractivity contribution in [1.29, 1.82) is 0 Å². The first-order chi connectivity index (χ1) is 6.11. The van der Waals surface area contributed by atoms with Crippen LogP contribution in [0.4, 0.5) is 0 Å². The zero-order valence-electron chi connectivity index (χ0n) is 7.79. The Bertz CT molecular complexity index is 217. The molecule has 0 bridgehead atoms. The number of carbonyl (C=O) groups excluding carboxylic acids is 2. The van der Waals surface area contributed by atoms with Gasteiger partial charge < -0.3 is 10.5 Å². The third-order valence-corrected chi connectivity index (χ3v) is 2.89. The van der Waals surface area contributed by atoms with Crippen LogP contribution in [0.2, 0.25) is 0 Å². The second-order valence-corrected chi connectivity index (χ2v) is 3.69. The summed E-state index contributed by atoms with van der Waals surface area (Å²) in [7, 11) is 0. The molecule has 1 saturated carbocycles. The molecule has 1 fully saturated rings. The standard InChI is InChI=1S/C9H15NO3/c1-7-4-2-3-5-9(7,10)8(12)13-6-11/h6-7H,2-5,10H2,1H3. The summed E-state index contributed by atoms with van der Waals surface area (Å²) in [5, 5.41) is 0. The normalized spacial score (nSPS) is 33.8. The monoisotopic (exact) mass is 185 g/mol. The molecule has 0 amide bonds. The first-order valence-corrected chi connectivity index (χ1v) is 4.55. The van der Waals surface area contributed by atoms with E-state index in [1.807, 2.05) is 6.92 Å². The molecule has 0 radical (unpaired) electrons. The van der Waals surface area contributed by atoms with Gasteiger partial charge in [-0.3, -0.25) is 4.79 Å². The van der Waals surface area contributed by atoms with Gasteiger partial charge in [0.15, 0.2) is 0 Å². The minimum atomic E-state index is -0.945. The van der Waals surface area contributed by atoms with Gasteiger partial charge in [-0.2, -0.15) is 0 Å². The fourth-order valence-electron chi connectivity index (χ4n) is 1.83. The number of carbonyl (C=O) groups is 2. The van der Waals surface area contributed by atoms with Crippen molar-refractivity contribution in [3.8, 4) is 0 Å². The smallest absolute Gasteiger partial charge is 0.333 e. The van der Waals surface area contributed by atoms with E-state index in [0.717, 1.165) is 19.3 Å². The van der Waals surface area contributed by atoms with E-state index < -0.39 is 11.5 Å². The van der Waals surface area contributed by atoms with Crippen molar-refractivity contribution in [2.75, 3.05) is 0 Å². The maximum absolute atomic E-state index is 11.4. The van der Waals surface area contributed by atoms with Crippen molar-refractivity contribution in [3.63, 3.8) is 0 Å². The third kappa shape index (κ3) is 1.88. The molecular weight excluding hydrogens is 170 g/mol. The summed E-state index contributed by atoms with van der Waals surface area (Å²) in [4.78, 5) is 21.4. The van der Waals surface area contributed by atoms with Gasteiger partial charge in [0.25, 0.3) is 0 Å². The SMILES string of the molecule is CC1CCCCC1(N)C(=O)OC=O. The average molecular weight is 185 g/mol. The van der Waals surface area contributed by atoms with E-state index in [0.29, 0.717) is 6.42 Å². The Hall–Kier alpha value is -0.900. The van der Waals surface area contributed by atoms with Crippen LogP contribution in [0.25, 0.3) is 0 Å². The van der Waals surface area contributed by atoms with Crippen LogP contribution < -0.4 is 5.73 Å². The molecule has 0 heterocycles. The van der Waals surface area contributed by atoms with Gasteiger partial charge in [0.05, 0.1) is 0 Å². The Labute approximate surface area is 77.4 Å². The summed E-state index contributed by atoms with van der Waals surface area (Å²) in [5.74, 6) is -0.497. The van der Waals surface area contributed by atoms with Crippen LogP contribution in [-0.4, -0.2) is 18.0 Å². The Morgan fingerprint density at radius 1 is 1.62 bits per heavy atom. The van der Waals surface area contributed by atoms with E-state index in [1.165, 1.54) is 0 Å². The molecule has 0 aromatic heterocycles. The highest BCUT2D eigenvalue weighted by Gasteiger charge is 2.42. The Kier molecular flexibility index (Phi) is 3.03. The molecule has 74 valence electrons. The van der Waals surface area contributed by atoms with E-state index in [-0.39, 0.29) is 12.4 Å². The Morgan fingerprint density at radius 3 is 2.85 bits per heavy atom. The molecule has 2 N–H and O–H groups in total. The summed E-state index contributed by atoms with van der Waals surface area (Å²) < 4.78 is 4.31. The molecule has 0 aromatic rings. The lowest BCUT2D eigenvalue weighted by molar-refractivity contribution is -0.158. The maximum atomic E-state index is 11.4. The van der Waals surface area contributed by atoms with Crippen molar-refractivity contribution in [3.05, 3.63) is 0 Å². The first kappa shape index (κ1) is 10.2. The summed E-state index contributed by atoms with van der Waals surface area (Å²) >= 11 is 0. The van der Waals surface area contributed by atoms with E-state index in [9.17, 15) is 9.59 Å². The number of nitrogens with two attached hydrogens (primary N) is 1. The van der Waals surface area contributed by atoms with E-state index in [1.54, 1.807) is 0 Å². The van der Waals surface area contributed by atoms with Gasteiger partial charge in [-0.15, -0.1) is 0 Å². The second-order valence-electron chi connectivity index (χ2n) is 3.69. The van der Waals surface area contributed by atoms with Crippen molar-refractivity contribution >= 4 is 12.4 Å². The lowest BCUT2D eigenvalue weighted by Gasteiger charge is -2.36. The fourth-order valence-corrected chi connectivity index (χ4v) is 1.83. The minimum absolute atomic E-state index is 0.0914. The number of ether oxygens (including phenoxy) is 1. The maximum Gasteiger partial charge on any atom is 0.333 e. The summed E-state index contributed by atoms with van der Waals surface area (Å²) in [6, 6.07) is 0. The van der Waals surface area contributed by atoms with Crippen LogP contribution in [0.5, 0.6) is 0 Å². The second kappa shape index (κ2) is 3.87. The van der Waals surface area contributed by atoms with E-state index in [4.69, 9.17) is 5.73 Å². The van der Waals surface area contributed by atoms with Crippen LogP contribution in [0.1, 0.15) is 32.6 Å². The molecule has 1 rings (SSSR count). The molecule has 4 heteroatoms. The summed E-state index contributed by atoms with van der Waals surface area (Å²) in [5.41, 5.74) is 4.95. The molecule has 0 spiro atoms. The topological polar surface area (TPSA) is 69.4 Å². The highest BCUT2D eigenvalue weighted by Crippen LogP contribution is 2.32. The van der Waals surface area contributed by atoms with Crippen molar-refractivity contribution in [2.24, 2.45) is 11.7 Å². The minimum Gasteiger partial charge on any atom is -0.394 e. The van der Waals surface area contributed by atoms with Gasteiger partial charge in [-0.1, -0.05) is 19.8 Å².